The molecule has 0 aliphatic heterocycles. The first kappa shape index (κ1) is 12.4. The van der Waals surface area contributed by atoms with Gasteiger partial charge in [0.05, 0.1) is 6.04 Å². The van der Waals surface area contributed by atoms with Gasteiger partial charge in [0.25, 0.3) is 0 Å². The topological polar surface area (TPSA) is 54.2 Å². The van der Waals surface area contributed by atoms with Crippen molar-refractivity contribution in [1.82, 2.24) is 15.5 Å². The Bertz CT molecular complexity index is 359. The Labute approximate surface area is 103 Å². The van der Waals surface area contributed by atoms with E-state index in [1.807, 2.05) is 14.0 Å². The second-order valence-corrected chi connectivity index (χ2v) is 5.12. The highest BCUT2D eigenvalue weighted by atomic mass is 16.4. The predicted octanol–water partition coefficient (Wildman–Crippen LogP) is 1.97. The molecule has 2 rings (SSSR count). The van der Waals surface area contributed by atoms with Crippen LogP contribution in [0.1, 0.15) is 45.5 Å². The van der Waals surface area contributed by atoms with Crippen LogP contribution in [-0.4, -0.2) is 29.8 Å². The molecule has 1 atom stereocenters. The largest absolute Gasteiger partial charge is 0.406 e. The van der Waals surface area contributed by atoms with E-state index >= 15 is 0 Å². The number of rotatable bonds is 6. The predicted molar refractivity (Wildman–Crippen MR) is 67.0 cm³/mol. The summed E-state index contributed by atoms with van der Waals surface area (Å²) in [7, 11) is 1.89. The molecule has 0 radical (unpaired) electrons. The smallest absolute Gasteiger partial charge is 0.318 e. The van der Waals surface area contributed by atoms with Crippen molar-refractivity contribution in [2.75, 3.05) is 18.5 Å². The third-order valence-electron chi connectivity index (χ3n) is 3.25. The molecule has 1 aromatic rings. The Morgan fingerprint density at radius 1 is 1.35 bits per heavy atom. The van der Waals surface area contributed by atoms with Crippen molar-refractivity contribution in [3.8, 4) is 0 Å². The maximum atomic E-state index is 5.73. The highest BCUT2D eigenvalue weighted by molar-refractivity contribution is 5.26. The van der Waals surface area contributed by atoms with Crippen LogP contribution in [0.5, 0.6) is 0 Å². The fraction of sp³-hybridized carbons (Fsp3) is 0.833. The Balaban J connectivity index is 2.09. The summed E-state index contributed by atoms with van der Waals surface area (Å²) in [4.78, 5) is 2.20. The summed E-state index contributed by atoms with van der Waals surface area (Å²) in [5.74, 6) is 1.47. The molecule has 1 aliphatic rings. The van der Waals surface area contributed by atoms with E-state index in [9.17, 15) is 0 Å². The Hall–Kier alpha value is -1.10. The maximum Gasteiger partial charge on any atom is 0.318 e. The molecule has 96 valence electrons. The Morgan fingerprint density at radius 2 is 2.06 bits per heavy atom. The van der Waals surface area contributed by atoms with Crippen LogP contribution in [-0.2, 0) is 0 Å². The lowest BCUT2D eigenvalue weighted by Gasteiger charge is -2.24. The van der Waals surface area contributed by atoms with Gasteiger partial charge in [-0.3, -0.25) is 0 Å². The highest BCUT2D eigenvalue weighted by Gasteiger charge is 2.28. The van der Waals surface area contributed by atoms with Gasteiger partial charge in [-0.1, -0.05) is 5.10 Å². The average Bonchev–Trinajstić information content (AvgIpc) is 3.00. The first-order valence-electron chi connectivity index (χ1n) is 6.39. The van der Waals surface area contributed by atoms with Gasteiger partial charge in [0.15, 0.2) is 0 Å². The van der Waals surface area contributed by atoms with E-state index in [0.717, 1.165) is 12.5 Å². The first-order chi connectivity index (χ1) is 8.11. The van der Waals surface area contributed by atoms with E-state index < -0.39 is 0 Å². The van der Waals surface area contributed by atoms with E-state index in [2.05, 4.69) is 34.3 Å². The lowest BCUT2D eigenvalue weighted by molar-refractivity contribution is 0.421. The molecule has 0 amide bonds. The second-order valence-electron chi connectivity index (χ2n) is 5.12. The molecule has 1 aliphatic carbocycles. The summed E-state index contributed by atoms with van der Waals surface area (Å²) < 4.78 is 5.73. The highest BCUT2D eigenvalue weighted by Crippen LogP contribution is 2.32. The van der Waals surface area contributed by atoms with Crippen LogP contribution in [0.4, 0.5) is 6.01 Å². The molecule has 0 saturated heterocycles. The van der Waals surface area contributed by atoms with Gasteiger partial charge in [-0.25, -0.2) is 0 Å². The van der Waals surface area contributed by atoms with Crippen molar-refractivity contribution in [3.63, 3.8) is 0 Å². The summed E-state index contributed by atoms with van der Waals surface area (Å²) in [6.45, 7) is 7.37. The lowest BCUT2D eigenvalue weighted by atomic mass is 10.3. The van der Waals surface area contributed by atoms with Crippen molar-refractivity contribution in [2.45, 2.75) is 45.7 Å². The number of aromatic nitrogens is 2. The minimum Gasteiger partial charge on any atom is -0.406 e. The molecule has 1 aromatic heterocycles. The van der Waals surface area contributed by atoms with Gasteiger partial charge in [-0.2, -0.15) is 0 Å². The van der Waals surface area contributed by atoms with Crippen molar-refractivity contribution < 1.29 is 4.42 Å². The third-order valence-corrected chi connectivity index (χ3v) is 3.25. The molecule has 0 spiro atoms. The van der Waals surface area contributed by atoms with E-state index in [-0.39, 0.29) is 6.04 Å². The molecule has 0 bridgehead atoms. The third kappa shape index (κ3) is 2.97. The molecule has 1 fully saturated rings. The average molecular weight is 238 g/mol. The number of nitrogens with one attached hydrogen (secondary N) is 1. The van der Waals surface area contributed by atoms with Crippen LogP contribution < -0.4 is 10.2 Å². The van der Waals surface area contributed by atoms with Gasteiger partial charge in [0.2, 0.25) is 5.89 Å². The fourth-order valence-electron chi connectivity index (χ4n) is 1.73. The second kappa shape index (κ2) is 5.04. The number of hydrogen-bond acceptors (Lipinski definition) is 5. The molecule has 1 N–H and O–H groups in total. The van der Waals surface area contributed by atoms with Crippen molar-refractivity contribution >= 4 is 6.01 Å². The molecule has 5 nitrogen and oxygen atoms in total. The zero-order valence-electron chi connectivity index (χ0n) is 11.1. The SMILES string of the molecule is CNC(C)c1nnc(N(CC2CC2)C(C)C)o1. The normalized spacial score (nSPS) is 17.5. The summed E-state index contributed by atoms with van der Waals surface area (Å²) >= 11 is 0. The van der Waals surface area contributed by atoms with E-state index in [4.69, 9.17) is 4.42 Å². The van der Waals surface area contributed by atoms with Gasteiger partial charge >= 0.3 is 6.01 Å². The Kier molecular flexibility index (Phi) is 3.66. The molecule has 0 aromatic carbocycles. The Morgan fingerprint density at radius 3 is 2.59 bits per heavy atom. The number of nitrogens with zero attached hydrogens (tertiary/aromatic N) is 3. The standard InChI is InChI=1S/C12H22N4O/c1-8(2)16(7-10-5-6-10)12-15-14-11(17-12)9(3)13-4/h8-10,13H,5-7H2,1-4H3. The van der Waals surface area contributed by atoms with Crippen LogP contribution in [0.25, 0.3) is 0 Å². The van der Waals surface area contributed by atoms with E-state index in [0.29, 0.717) is 17.9 Å². The van der Waals surface area contributed by atoms with Gasteiger partial charge in [0, 0.05) is 12.6 Å². The summed E-state index contributed by atoms with van der Waals surface area (Å²) in [5.41, 5.74) is 0. The lowest BCUT2D eigenvalue weighted by Crippen LogP contribution is -2.33. The van der Waals surface area contributed by atoms with Crippen LogP contribution in [0.2, 0.25) is 0 Å². The number of anilines is 1. The molecule has 17 heavy (non-hydrogen) atoms. The zero-order chi connectivity index (χ0) is 12.4. The fourth-order valence-corrected chi connectivity index (χ4v) is 1.73. The van der Waals surface area contributed by atoms with Crippen molar-refractivity contribution in [3.05, 3.63) is 5.89 Å². The quantitative estimate of drug-likeness (QED) is 0.821. The van der Waals surface area contributed by atoms with Crippen LogP contribution in [0.15, 0.2) is 4.42 Å². The molecule has 1 saturated carbocycles. The monoisotopic (exact) mass is 238 g/mol. The maximum absolute atomic E-state index is 5.73. The van der Waals surface area contributed by atoms with Gasteiger partial charge in [0.1, 0.15) is 0 Å². The van der Waals surface area contributed by atoms with Gasteiger partial charge in [-0.15, -0.1) is 5.10 Å². The van der Waals surface area contributed by atoms with Crippen LogP contribution in [0, 0.1) is 5.92 Å². The molecule has 1 heterocycles. The molecular formula is C12H22N4O. The zero-order valence-corrected chi connectivity index (χ0v) is 11.1. The van der Waals surface area contributed by atoms with Gasteiger partial charge in [-0.05, 0) is 46.6 Å². The molecule has 5 heteroatoms. The van der Waals surface area contributed by atoms with Crippen LogP contribution >= 0.6 is 0 Å². The van der Waals surface area contributed by atoms with Crippen molar-refractivity contribution in [2.24, 2.45) is 5.92 Å². The first-order valence-corrected chi connectivity index (χ1v) is 6.39. The van der Waals surface area contributed by atoms with Crippen molar-refractivity contribution in [1.29, 1.82) is 0 Å². The van der Waals surface area contributed by atoms with Gasteiger partial charge < -0.3 is 14.6 Å². The number of hydrogen-bond donors (Lipinski definition) is 1. The van der Waals surface area contributed by atoms with Crippen LogP contribution in [0.3, 0.4) is 0 Å². The summed E-state index contributed by atoms with van der Waals surface area (Å²) in [6.07, 6.45) is 2.66. The van der Waals surface area contributed by atoms with E-state index in [1.54, 1.807) is 0 Å². The minimum absolute atomic E-state index is 0.103. The molecular weight excluding hydrogens is 216 g/mol. The van der Waals surface area contributed by atoms with E-state index in [1.165, 1.54) is 12.8 Å². The minimum atomic E-state index is 0.103. The molecule has 1 unspecified atom stereocenters. The summed E-state index contributed by atoms with van der Waals surface area (Å²) in [5, 5.41) is 11.4. The summed E-state index contributed by atoms with van der Waals surface area (Å²) in [6, 6.07) is 1.16.